The first kappa shape index (κ1) is 38.5. The van der Waals surface area contributed by atoms with E-state index in [1.165, 1.54) is 21.3 Å². The van der Waals surface area contributed by atoms with Crippen molar-refractivity contribution in [1.82, 2.24) is 19.9 Å². The number of ether oxygens (including phenoxy) is 6. The molecule has 0 fully saturated rings. The van der Waals surface area contributed by atoms with Crippen LogP contribution in [0.3, 0.4) is 0 Å². The number of halogens is 1. The highest BCUT2D eigenvalue weighted by Gasteiger charge is 2.25. The molecule has 18 heteroatoms. The van der Waals surface area contributed by atoms with Crippen LogP contribution in [0.25, 0.3) is 0 Å². The van der Waals surface area contributed by atoms with Gasteiger partial charge in [0.2, 0.25) is 33.4 Å². The molecule has 0 unspecified atom stereocenters. The van der Waals surface area contributed by atoms with Crippen LogP contribution in [0.15, 0.2) is 65.8 Å². The van der Waals surface area contributed by atoms with Gasteiger partial charge < -0.3 is 44.4 Å². The third-order valence-corrected chi connectivity index (χ3v) is 9.14. The highest BCUT2D eigenvalue weighted by atomic mass is 35.5. The van der Waals surface area contributed by atoms with Gasteiger partial charge in [-0.2, -0.15) is 4.98 Å². The van der Waals surface area contributed by atoms with E-state index in [1.807, 2.05) is 6.07 Å². The molecule has 53 heavy (non-hydrogen) atoms. The molecule has 0 saturated heterocycles. The highest BCUT2D eigenvalue weighted by molar-refractivity contribution is 7.89. The van der Waals surface area contributed by atoms with Crippen LogP contribution in [0.1, 0.15) is 17.5 Å². The first-order valence-corrected chi connectivity index (χ1v) is 17.8. The zero-order valence-corrected chi connectivity index (χ0v) is 31.4. The number of hydrogen-bond donors (Lipinski definition) is 4. The molecule has 5 N–H and O–H groups in total. The number of methoxy groups -OCH3 is 6. The minimum atomic E-state index is -3.92. The number of rotatable bonds is 13. The van der Waals surface area contributed by atoms with E-state index in [9.17, 15) is 8.42 Å². The summed E-state index contributed by atoms with van der Waals surface area (Å²) in [6, 6.07) is 13.8. The van der Waals surface area contributed by atoms with Gasteiger partial charge in [0.05, 0.1) is 48.3 Å². The summed E-state index contributed by atoms with van der Waals surface area (Å²) in [7, 11) is 5.32. The molecule has 2 aromatic heterocycles. The molecule has 0 spiro atoms. The second-order valence-electron chi connectivity index (χ2n) is 11.1. The Labute approximate surface area is 312 Å². The van der Waals surface area contributed by atoms with Gasteiger partial charge in [-0.25, -0.2) is 28.5 Å². The van der Waals surface area contributed by atoms with Crippen molar-refractivity contribution in [3.8, 4) is 34.5 Å². The molecule has 1 aliphatic rings. The molecule has 0 aliphatic heterocycles. The second-order valence-corrected chi connectivity index (χ2v) is 13.0. The largest absolute Gasteiger partial charge is 0.493 e. The summed E-state index contributed by atoms with van der Waals surface area (Å²) in [6.45, 7) is 0. The van der Waals surface area contributed by atoms with Gasteiger partial charge in [-0.15, -0.1) is 0 Å². The Morgan fingerprint density at radius 2 is 1.17 bits per heavy atom. The predicted molar refractivity (Wildman–Crippen MR) is 201 cm³/mol. The second kappa shape index (κ2) is 17.2. The number of nitrogens with one attached hydrogen (secondary N) is 3. The molecule has 0 atom stereocenters. The Morgan fingerprint density at radius 1 is 0.660 bits per heavy atom. The standard InChI is InChI=1S/C22H25N5O5S.C13H14ClN3O3/c1-30-17-11-14(12-18(31-2)20(17)32-3)25-22-24-10-9-19(27-22)26-16-8-7-13-5-4-6-15(13)21(16)33(23,28)29;1-18-9-6-8(7-10(19-2)12(9)20-3)16-13-15-5-4-11(14)17-13/h7-12H,4-6H2,1-3H3,(H2,23,28,29)(H2,24,25,26,27);4-7H,1-3H3,(H,15,16,17). The normalized spacial score (nSPS) is 11.7. The Bertz CT molecular complexity index is 2140. The fourth-order valence-electron chi connectivity index (χ4n) is 5.64. The van der Waals surface area contributed by atoms with Crippen LogP contribution in [0.5, 0.6) is 34.5 Å². The highest BCUT2D eigenvalue weighted by Crippen LogP contribution is 2.42. The molecule has 0 bridgehead atoms. The SMILES string of the molecule is COc1cc(Nc2nccc(Cl)n2)cc(OC)c1OC.COc1cc(Nc2nccc(Nc3ccc4c(c3S(N)(=O)=O)CCC4)n2)cc(OC)c1OC. The average Bonchev–Trinajstić information content (AvgIpc) is 3.62. The van der Waals surface area contributed by atoms with E-state index in [2.05, 4.69) is 35.9 Å². The van der Waals surface area contributed by atoms with Crippen LogP contribution in [0, 0.1) is 0 Å². The van der Waals surface area contributed by atoms with Crippen LogP contribution in [-0.2, 0) is 22.9 Å². The van der Waals surface area contributed by atoms with E-state index >= 15 is 0 Å². The molecule has 3 aromatic carbocycles. The third-order valence-electron chi connectivity index (χ3n) is 7.90. The van der Waals surface area contributed by atoms with Crippen molar-refractivity contribution in [1.29, 1.82) is 0 Å². The third kappa shape index (κ3) is 9.18. The summed E-state index contributed by atoms with van der Waals surface area (Å²) < 4.78 is 56.6. The first-order valence-electron chi connectivity index (χ1n) is 15.9. The van der Waals surface area contributed by atoms with Gasteiger partial charge in [-0.1, -0.05) is 17.7 Å². The van der Waals surface area contributed by atoms with Crippen molar-refractivity contribution in [2.24, 2.45) is 5.14 Å². The molecule has 280 valence electrons. The van der Waals surface area contributed by atoms with E-state index in [-0.39, 0.29) is 10.8 Å². The lowest BCUT2D eigenvalue weighted by atomic mass is 10.1. The van der Waals surface area contributed by atoms with E-state index < -0.39 is 10.0 Å². The Kier molecular flexibility index (Phi) is 12.4. The Morgan fingerprint density at radius 3 is 1.64 bits per heavy atom. The lowest BCUT2D eigenvalue weighted by Crippen LogP contribution is -2.17. The fraction of sp³-hybridized carbons (Fsp3) is 0.257. The van der Waals surface area contributed by atoms with Crippen molar-refractivity contribution in [2.75, 3.05) is 58.6 Å². The molecule has 6 rings (SSSR count). The van der Waals surface area contributed by atoms with E-state index in [0.717, 1.165) is 24.0 Å². The zero-order chi connectivity index (χ0) is 38.1. The number of fused-ring (bicyclic) bond motifs is 1. The number of benzene rings is 3. The van der Waals surface area contributed by atoms with Crippen molar-refractivity contribution in [2.45, 2.75) is 24.2 Å². The van der Waals surface area contributed by atoms with Crippen LogP contribution in [-0.4, -0.2) is 71.0 Å². The molecular formula is C35H39ClN8O8S. The van der Waals surface area contributed by atoms with E-state index in [1.54, 1.807) is 76.2 Å². The van der Waals surface area contributed by atoms with Crippen molar-refractivity contribution < 1.29 is 36.8 Å². The maximum Gasteiger partial charge on any atom is 0.240 e. The fourth-order valence-corrected chi connectivity index (χ4v) is 6.78. The number of hydrogen-bond acceptors (Lipinski definition) is 15. The number of anilines is 6. The van der Waals surface area contributed by atoms with Crippen LogP contribution >= 0.6 is 11.6 Å². The number of aromatic nitrogens is 4. The number of aryl methyl sites for hydroxylation is 1. The smallest absolute Gasteiger partial charge is 0.240 e. The lowest BCUT2D eigenvalue weighted by Gasteiger charge is -2.16. The Hall–Kier alpha value is -5.78. The molecule has 5 aromatic rings. The van der Waals surface area contributed by atoms with Gasteiger partial charge in [-0.05, 0) is 48.6 Å². The van der Waals surface area contributed by atoms with Crippen molar-refractivity contribution >= 4 is 56.4 Å². The maximum absolute atomic E-state index is 12.3. The van der Waals surface area contributed by atoms with E-state index in [0.29, 0.717) is 74.9 Å². The lowest BCUT2D eigenvalue weighted by molar-refractivity contribution is 0.324. The van der Waals surface area contributed by atoms with Crippen LogP contribution in [0.4, 0.5) is 34.8 Å². The van der Waals surface area contributed by atoms with Crippen LogP contribution < -0.4 is 49.5 Å². The number of nitrogens with two attached hydrogens (primary N) is 1. The number of sulfonamides is 1. The molecule has 16 nitrogen and oxygen atoms in total. The number of nitrogens with zero attached hydrogens (tertiary/aromatic N) is 4. The van der Waals surface area contributed by atoms with Gasteiger partial charge in [0.25, 0.3) is 0 Å². The Balaban J connectivity index is 0.000000231. The summed E-state index contributed by atoms with van der Waals surface area (Å²) in [6.07, 6.45) is 5.54. The molecule has 2 heterocycles. The van der Waals surface area contributed by atoms with Crippen molar-refractivity contribution in [3.05, 3.63) is 77.2 Å². The topological polar surface area (TPSA) is 203 Å². The minimum absolute atomic E-state index is 0.121. The molecule has 0 radical (unpaired) electrons. The molecule has 0 amide bonds. The molecule has 1 aliphatic carbocycles. The quantitative estimate of drug-likeness (QED) is 0.101. The summed E-state index contributed by atoms with van der Waals surface area (Å²) in [5, 5.41) is 15.1. The average molecular weight is 767 g/mol. The van der Waals surface area contributed by atoms with Gasteiger partial charge in [-0.3, -0.25) is 0 Å². The maximum atomic E-state index is 12.3. The van der Waals surface area contributed by atoms with Gasteiger partial charge in [0, 0.05) is 48.0 Å². The van der Waals surface area contributed by atoms with Gasteiger partial charge in [0.1, 0.15) is 15.9 Å². The summed E-state index contributed by atoms with van der Waals surface area (Å²) in [4.78, 5) is 16.9. The summed E-state index contributed by atoms with van der Waals surface area (Å²) in [5.41, 5.74) is 3.48. The van der Waals surface area contributed by atoms with Gasteiger partial charge >= 0.3 is 0 Å². The summed E-state index contributed by atoms with van der Waals surface area (Å²) >= 11 is 5.82. The first-order chi connectivity index (χ1) is 25.5. The predicted octanol–water partition coefficient (Wildman–Crippen LogP) is 6.03. The zero-order valence-electron chi connectivity index (χ0n) is 29.8. The van der Waals surface area contributed by atoms with Crippen LogP contribution in [0.2, 0.25) is 5.15 Å². The summed E-state index contributed by atoms with van der Waals surface area (Å²) in [5.74, 6) is 4.09. The van der Waals surface area contributed by atoms with Crippen molar-refractivity contribution in [3.63, 3.8) is 0 Å². The number of primary sulfonamides is 1. The molecular weight excluding hydrogens is 728 g/mol. The monoisotopic (exact) mass is 766 g/mol. The minimum Gasteiger partial charge on any atom is -0.493 e. The molecule has 0 saturated carbocycles. The van der Waals surface area contributed by atoms with E-state index in [4.69, 9.17) is 45.2 Å². The van der Waals surface area contributed by atoms with Gasteiger partial charge in [0.15, 0.2) is 23.0 Å².